The maximum Gasteiger partial charge on any atom is 0.414 e. The third kappa shape index (κ3) is 5.18. The Hall–Kier alpha value is -0.510. The van der Waals surface area contributed by atoms with Gasteiger partial charge in [0.05, 0.1) is 0 Å². The molecule has 0 aliphatic carbocycles. The first-order chi connectivity index (χ1) is 5.34. The summed E-state index contributed by atoms with van der Waals surface area (Å²) >= 11 is 0. The van der Waals surface area contributed by atoms with Gasteiger partial charge in [-0.05, 0) is 26.7 Å². The van der Waals surface area contributed by atoms with Crippen molar-refractivity contribution in [1.29, 1.82) is 0 Å². The molecule has 0 unspecified atom stereocenters. The molecular weight excluding hydrogens is 169 g/mol. The summed E-state index contributed by atoms with van der Waals surface area (Å²) in [6.45, 7) is 3.61. The van der Waals surface area contributed by atoms with Crippen LogP contribution in [0.5, 0.6) is 0 Å². The first-order valence-electron chi connectivity index (χ1n) is 3.72. The molecule has 0 heterocycles. The van der Waals surface area contributed by atoms with E-state index in [1.54, 1.807) is 19.9 Å². The molecular formula is C8H13F3O. The standard InChI is InChI=1S/C8H13F3O/c1-6(2)4-3-5-7(12)8(9,10)11/h4,7,12H,3,5H2,1-2H3/t7-/m0/s1. The van der Waals surface area contributed by atoms with Gasteiger partial charge in [0.25, 0.3) is 0 Å². The molecule has 12 heavy (non-hydrogen) atoms. The van der Waals surface area contributed by atoms with Crippen molar-refractivity contribution in [1.82, 2.24) is 0 Å². The van der Waals surface area contributed by atoms with Gasteiger partial charge >= 0.3 is 6.18 Å². The van der Waals surface area contributed by atoms with Crippen LogP contribution in [0, 0.1) is 0 Å². The molecule has 0 aliphatic rings. The van der Waals surface area contributed by atoms with Gasteiger partial charge in [0, 0.05) is 0 Å². The molecule has 72 valence electrons. The van der Waals surface area contributed by atoms with Crippen LogP contribution in [-0.4, -0.2) is 17.4 Å². The Kier molecular flexibility index (Phi) is 4.31. The van der Waals surface area contributed by atoms with Crippen molar-refractivity contribution in [2.45, 2.75) is 39.0 Å². The summed E-state index contributed by atoms with van der Waals surface area (Å²) < 4.78 is 35.1. The lowest BCUT2D eigenvalue weighted by atomic mass is 10.1. The quantitative estimate of drug-likeness (QED) is 0.665. The Morgan fingerprint density at radius 2 is 1.92 bits per heavy atom. The molecule has 0 amide bonds. The highest BCUT2D eigenvalue weighted by molar-refractivity contribution is 4.93. The molecule has 0 aromatic rings. The third-order valence-electron chi connectivity index (χ3n) is 1.37. The van der Waals surface area contributed by atoms with E-state index in [1.807, 2.05) is 0 Å². The van der Waals surface area contributed by atoms with Crippen LogP contribution in [0.15, 0.2) is 11.6 Å². The minimum absolute atomic E-state index is 0.255. The fourth-order valence-corrected chi connectivity index (χ4v) is 0.694. The van der Waals surface area contributed by atoms with Gasteiger partial charge in [-0.1, -0.05) is 11.6 Å². The minimum atomic E-state index is -4.48. The first-order valence-corrected chi connectivity index (χ1v) is 3.72. The van der Waals surface area contributed by atoms with E-state index in [-0.39, 0.29) is 12.8 Å². The maximum absolute atomic E-state index is 11.7. The summed E-state index contributed by atoms with van der Waals surface area (Å²) in [6, 6.07) is 0. The molecule has 0 aliphatic heterocycles. The van der Waals surface area contributed by atoms with E-state index in [0.717, 1.165) is 5.57 Å². The molecule has 4 heteroatoms. The van der Waals surface area contributed by atoms with Crippen LogP contribution in [-0.2, 0) is 0 Å². The summed E-state index contributed by atoms with van der Waals surface area (Å²) in [5.74, 6) is 0. The van der Waals surface area contributed by atoms with E-state index in [1.165, 1.54) is 0 Å². The first kappa shape index (κ1) is 11.5. The smallest absolute Gasteiger partial charge is 0.384 e. The van der Waals surface area contributed by atoms with Gasteiger partial charge in [-0.2, -0.15) is 13.2 Å². The number of rotatable bonds is 3. The van der Waals surface area contributed by atoms with Crippen molar-refractivity contribution in [2.24, 2.45) is 0 Å². The molecule has 0 spiro atoms. The van der Waals surface area contributed by atoms with Gasteiger partial charge in [-0.15, -0.1) is 0 Å². The van der Waals surface area contributed by atoms with Crippen molar-refractivity contribution in [3.8, 4) is 0 Å². The maximum atomic E-state index is 11.7. The summed E-state index contributed by atoms with van der Waals surface area (Å²) in [6.07, 6.45) is -4.98. The van der Waals surface area contributed by atoms with E-state index in [4.69, 9.17) is 5.11 Å². The van der Waals surface area contributed by atoms with Crippen LogP contribution in [0.3, 0.4) is 0 Å². The number of aliphatic hydroxyl groups is 1. The highest BCUT2D eigenvalue weighted by Gasteiger charge is 2.37. The van der Waals surface area contributed by atoms with Gasteiger partial charge in [-0.25, -0.2) is 0 Å². The molecule has 0 aromatic carbocycles. The normalized spacial score (nSPS) is 14.2. The molecule has 0 saturated carbocycles. The zero-order valence-electron chi connectivity index (χ0n) is 7.15. The lowest BCUT2D eigenvalue weighted by Crippen LogP contribution is -2.27. The highest BCUT2D eigenvalue weighted by Crippen LogP contribution is 2.23. The second kappa shape index (κ2) is 4.50. The monoisotopic (exact) mass is 182 g/mol. The van der Waals surface area contributed by atoms with Crippen LogP contribution >= 0.6 is 0 Å². The summed E-state index contributed by atoms with van der Waals surface area (Å²) in [5, 5.41) is 8.54. The molecule has 0 bridgehead atoms. The van der Waals surface area contributed by atoms with Crippen molar-refractivity contribution in [3.05, 3.63) is 11.6 Å². The average molecular weight is 182 g/mol. The molecule has 1 atom stereocenters. The van der Waals surface area contributed by atoms with Gasteiger partial charge < -0.3 is 5.11 Å². The van der Waals surface area contributed by atoms with Gasteiger partial charge in [-0.3, -0.25) is 0 Å². The molecule has 0 saturated heterocycles. The lowest BCUT2D eigenvalue weighted by Gasteiger charge is -2.12. The van der Waals surface area contributed by atoms with Crippen molar-refractivity contribution < 1.29 is 18.3 Å². The van der Waals surface area contributed by atoms with Crippen LogP contribution in [0.1, 0.15) is 26.7 Å². The van der Waals surface area contributed by atoms with Crippen molar-refractivity contribution in [2.75, 3.05) is 0 Å². The molecule has 1 N–H and O–H groups in total. The predicted octanol–water partition coefficient (Wildman–Crippen LogP) is 2.66. The molecule has 0 radical (unpaired) electrons. The van der Waals surface area contributed by atoms with Crippen LogP contribution < -0.4 is 0 Å². The van der Waals surface area contributed by atoms with Crippen LogP contribution in [0.25, 0.3) is 0 Å². The Morgan fingerprint density at radius 3 is 2.25 bits per heavy atom. The lowest BCUT2D eigenvalue weighted by molar-refractivity contribution is -0.205. The largest absolute Gasteiger partial charge is 0.414 e. The Balaban J connectivity index is 3.73. The molecule has 0 fully saturated rings. The van der Waals surface area contributed by atoms with E-state index < -0.39 is 12.3 Å². The van der Waals surface area contributed by atoms with E-state index in [0.29, 0.717) is 0 Å². The molecule has 0 rings (SSSR count). The van der Waals surface area contributed by atoms with E-state index >= 15 is 0 Å². The second-order valence-corrected chi connectivity index (χ2v) is 2.92. The zero-order chi connectivity index (χ0) is 9.78. The van der Waals surface area contributed by atoms with Gasteiger partial charge in [0.1, 0.15) is 6.10 Å². The number of allylic oxidation sites excluding steroid dienone is 2. The fourth-order valence-electron chi connectivity index (χ4n) is 0.694. The second-order valence-electron chi connectivity index (χ2n) is 2.92. The summed E-state index contributed by atoms with van der Waals surface area (Å²) in [4.78, 5) is 0. The Labute approximate surface area is 69.9 Å². The van der Waals surface area contributed by atoms with Gasteiger partial charge in [0.15, 0.2) is 0 Å². The van der Waals surface area contributed by atoms with Crippen LogP contribution in [0.2, 0.25) is 0 Å². The molecule has 1 nitrogen and oxygen atoms in total. The topological polar surface area (TPSA) is 20.2 Å². The third-order valence-corrected chi connectivity index (χ3v) is 1.37. The number of alkyl halides is 3. The number of halogens is 3. The highest BCUT2D eigenvalue weighted by atomic mass is 19.4. The predicted molar refractivity (Wildman–Crippen MR) is 40.7 cm³/mol. The molecule has 0 aromatic heterocycles. The van der Waals surface area contributed by atoms with E-state index in [9.17, 15) is 13.2 Å². The fraction of sp³-hybridized carbons (Fsp3) is 0.750. The van der Waals surface area contributed by atoms with Gasteiger partial charge in [0.2, 0.25) is 0 Å². The summed E-state index contributed by atoms with van der Waals surface area (Å²) in [7, 11) is 0. The van der Waals surface area contributed by atoms with Crippen molar-refractivity contribution in [3.63, 3.8) is 0 Å². The Morgan fingerprint density at radius 1 is 1.42 bits per heavy atom. The summed E-state index contributed by atoms with van der Waals surface area (Å²) in [5.41, 5.74) is 0.962. The minimum Gasteiger partial charge on any atom is -0.384 e. The number of aliphatic hydroxyl groups excluding tert-OH is 1. The zero-order valence-corrected chi connectivity index (χ0v) is 7.15. The SMILES string of the molecule is CC(C)=CCC[C@H](O)C(F)(F)F. The number of hydrogen-bond acceptors (Lipinski definition) is 1. The Bertz CT molecular complexity index is 156. The van der Waals surface area contributed by atoms with Crippen LogP contribution in [0.4, 0.5) is 13.2 Å². The number of hydrogen-bond donors (Lipinski definition) is 1. The van der Waals surface area contributed by atoms with E-state index in [2.05, 4.69) is 0 Å². The van der Waals surface area contributed by atoms with Crippen molar-refractivity contribution >= 4 is 0 Å². The average Bonchev–Trinajstić information content (AvgIpc) is 1.84.